The molecule has 27 heavy (non-hydrogen) atoms. The van der Waals surface area contributed by atoms with Crippen molar-refractivity contribution in [1.82, 2.24) is 0 Å². The Morgan fingerprint density at radius 3 is 0.852 bits per heavy atom. The fourth-order valence-corrected chi connectivity index (χ4v) is 5.44. The second-order valence-corrected chi connectivity index (χ2v) is 8.62. The van der Waals surface area contributed by atoms with Crippen LogP contribution in [0.15, 0.2) is 0 Å². The van der Waals surface area contributed by atoms with Crippen LogP contribution in [0.4, 0.5) is 0 Å². The van der Waals surface area contributed by atoms with E-state index >= 15 is 0 Å². The van der Waals surface area contributed by atoms with Crippen molar-refractivity contribution in [3.8, 4) is 0 Å². The van der Waals surface area contributed by atoms with Crippen molar-refractivity contribution >= 4 is 9.05 Å². The molecule has 0 bridgehead atoms. The van der Waals surface area contributed by atoms with Crippen LogP contribution in [0.1, 0.15) is 81.1 Å². The van der Waals surface area contributed by atoms with Gasteiger partial charge in [0.15, 0.2) is 0 Å². The minimum Gasteiger partial charge on any atom is -0.870 e. The summed E-state index contributed by atoms with van der Waals surface area (Å²) in [5, 5.41) is 0. The maximum atomic E-state index is 5.42. The Bertz CT molecular complexity index is 209. The van der Waals surface area contributed by atoms with Crippen LogP contribution in [-0.2, 0) is 17.7 Å². The van der Waals surface area contributed by atoms with Crippen molar-refractivity contribution < 1.29 is 27.7 Å². The van der Waals surface area contributed by atoms with Crippen molar-refractivity contribution in [2.24, 2.45) is 0 Å². The van der Waals surface area contributed by atoms with Gasteiger partial charge in [-0.2, -0.15) is 0 Å². The highest BCUT2D eigenvalue weighted by Crippen LogP contribution is 2.13. The zero-order chi connectivity index (χ0) is 20.3. The van der Waals surface area contributed by atoms with E-state index in [1.807, 2.05) is 27.7 Å². The molecule has 0 aromatic rings. The highest BCUT2D eigenvalue weighted by atomic mass is 28.4. The van der Waals surface area contributed by atoms with E-state index in [1.54, 1.807) is 0 Å². The van der Waals surface area contributed by atoms with E-state index in [0.29, 0.717) is 26.4 Å². The third-order valence-corrected chi connectivity index (χ3v) is 6.65. The molecule has 0 aromatic heterocycles. The van der Waals surface area contributed by atoms with Gasteiger partial charge in [0, 0.05) is 26.4 Å². The zero-order valence-electron chi connectivity index (χ0n) is 19.5. The van der Waals surface area contributed by atoms with Crippen LogP contribution in [0.25, 0.3) is 0 Å². The standard InChI is InChI=1S/C12H28N.C8H20O4Si.H2O/c2*1-5-9-13(10-6-2,11-7-3)12-8-4;/h5-12H2,1-4H3;5-8H2,1-4H3;1H2/q+1;;/p-1. The molecular formula is C20H49NO5Si. The molecule has 0 fully saturated rings. The first-order chi connectivity index (χ1) is 12.5. The van der Waals surface area contributed by atoms with Gasteiger partial charge in [0.1, 0.15) is 0 Å². The lowest BCUT2D eigenvalue weighted by atomic mass is 10.2. The molecule has 0 radical (unpaired) electrons. The van der Waals surface area contributed by atoms with Gasteiger partial charge in [-0.15, -0.1) is 0 Å². The summed E-state index contributed by atoms with van der Waals surface area (Å²) in [6, 6.07) is 0. The first-order valence-corrected chi connectivity index (χ1v) is 12.5. The van der Waals surface area contributed by atoms with E-state index in [4.69, 9.17) is 17.7 Å². The molecule has 7 heteroatoms. The van der Waals surface area contributed by atoms with Gasteiger partial charge >= 0.3 is 9.05 Å². The van der Waals surface area contributed by atoms with E-state index in [1.165, 1.54) is 56.3 Å². The predicted molar refractivity (Wildman–Crippen MR) is 115 cm³/mol. The highest BCUT2D eigenvalue weighted by Gasteiger charge is 2.44. The molecule has 0 spiro atoms. The van der Waals surface area contributed by atoms with Crippen LogP contribution in [0.3, 0.4) is 0 Å². The second kappa shape index (κ2) is 20.7. The molecule has 1 N–H and O–H groups in total. The van der Waals surface area contributed by atoms with Gasteiger partial charge in [-0.1, -0.05) is 27.7 Å². The average Bonchev–Trinajstić information content (AvgIpc) is 2.57. The smallest absolute Gasteiger partial charge is 0.679 e. The zero-order valence-corrected chi connectivity index (χ0v) is 20.5. The molecule has 0 aliphatic carbocycles. The van der Waals surface area contributed by atoms with Crippen molar-refractivity contribution in [3.05, 3.63) is 0 Å². The SMILES string of the molecule is CCC[N+](CCC)(CCC)CCC.CCO[Si](OCC)(OCC)OCC.[OH-]. The fourth-order valence-electron chi connectivity index (χ4n) is 3.53. The van der Waals surface area contributed by atoms with Gasteiger partial charge in [-0.25, -0.2) is 0 Å². The number of nitrogens with zero attached hydrogens (tertiary/aromatic N) is 1. The highest BCUT2D eigenvalue weighted by molar-refractivity contribution is 6.53. The normalized spacial score (nSPS) is 11.6. The molecule has 0 amide bonds. The van der Waals surface area contributed by atoms with E-state index < -0.39 is 9.05 Å². The quantitative estimate of drug-likeness (QED) is 0.269. The van der Waals surface area contributed by atoms with Gasteiger partial charge in [0.05, 0.1) is 26.2 Å². The number of quaternary nitrogens is 1. The molecule has 168 valence electrons. The predicted octanol–water partition coefficient (Wildman–Crippen LogP) is 4.83. The van der Waals surface area contributed by atoms with Gasteiger partial charge in [-0.05, 0) is 53.4 Å². The monoisotopic (exact) mass is 411 g/mol. The summed E-state index contributed by atoms with van der Waals surface area (Å²) in [5.41, 5.74) is 0. The summed E-state index contributed by atoms with van der Waals surface area (Å²) in [7, 11) is -2.80. The van der Waals surface area contributed by atoms with Crippen molar-refractivity contribution in [2.45, 2.75) is 81.1 Å². The Morgan fingerprint density at radius 1 is 0.481 bits per heavy atom. The van der Waals surface area contributed by atoms with E-state index in [0.717, 1.165) is 0 Å². The number of rotatable bonds is 16. The lowest BCUT2D eigenvalue weighted by Crippen LogP contribution is -2.50. The molecule has 0 saturated heterocycles. The Morgan fingerprint density at radius 2 is 0.704 bits per heavy atom. The third-order valence-electron chi connectivity index (χ3n) is 4.08. The van der Waals surface area contributed by atoms with E-state index in [9.17, 15) is 0 Å². The average molecular weight is 412 g/mol. The Hall–Kier alpha value is -0.0231. The molecule has 0 aliphatic heterocycles. The molecule has 0 unspecified atom stereocenters. The van der Waals surface area contributed by atoms with Gasteiger partial charge in [-0.3, -0.25) is 0 Å². The second-order valence-electron chi connectivity index (χ2n) is 6.47. The van der Waals surface area contributed by atoms with Crippen molar-refractivity contribution in [3.63, 3.8) is 0 Å². The van der Waals surface area contributed by atoms with E-state index in [2.05, 4.69) is 27.7 Å². The molecule has 0 heterocycles. The number of hydrogen-bond acceptors (Lipinski definition) is 5. The summed E-state index contributed by atoms with van der Waals surface area (Å²) in [6.07, 6.45) is 5.33. The molecule has 0 aliphatic rings. The summed E-state index contributed by atoms with van der Waals surface area (Å²) in [5.74, 6) is 0. The van der Waals surface area contributed by atoms with Crippen molar-refractivity contribution in [1.29, 1.82) is 0 Å². The lowest BCUT2D eigenvalue weighted by Gasteiger charge is -2.38. The first-order valence-electron chi connectivity index (χ1n) is 10.9. The van der Waals surface area contributed by atoms with Crippen LogP contribution in [0.5, 0.6) is 0 Å². The molecule has 0 rings (SSSR count). The fraction of sp³-hybridized carbons (Fsp3) is 1.00. The van der Waals surface area contributed by atoms with Crippen LogP contribution < -0.4 is 0 Å². The Balaban J connectivity index is -0.000000411. The molecule has 0 saturated carbocycles. The lowest BCUT2D eigenvalue weighted by molar-refractivity contribution is -0.928. The summed E-state index contributed by atoms with van der Waals surface area (Å²) in [4.78, 5) is 0. The largest absolute Gasteiger partial charge is 0.870 e. The van der Waals surface area contributed by atoms with Crippen LogP contribution >= 0.6 is 0 Å². The van der Waals surface area contributed by atoms with Crippen LogP contribution in [-0.4, -0.2) is 71.6 Å². The van der Waals surface area contributed by atoms with Gasteiger partial charge in [0.25, 0.3) is 0 Å². The number of hydrogen-bond donors (Lipinski definition) is 0. The molecule has 0 atom stereocenters. The maximum Gasteiger partial charge on any atom is 0.679 e. The third kappa shape index (κ3) is 14.6. The first kappa shape index (κ1) is 31.7. The maximum absolute atomic E-state index is 5.42. The molecule has 6 nitrogen and oxygen atoms in total. The molecule has 0 aromatic carbocycles. The van der Waals surface area contributed by atoms with Gasteiger partial charge in [0.2, 0.25) is 0 Å². The van der Waals surface area contributed by atoms with Gasteiger partial charge < -0.3 is 27.7 Å². The minimum atomic E-state index is -2.80. The molecular weight excluding hydrogens is 362 g/mol. The topological polar surface area (TPSA) is 66.9 Å². The summed E-state index contributed by atoms with van der Waals surface area (Å²) < 4.78 is 23.1. The summed E-state index contributed by atoms with van der Waals surface area (Å²) in [6.45, 7) is 24.6. The van der Waals surface area contributed by atoms with Crippen LogP contribution in [0.2, 0.25) is 0 Å². The van der Waals surface area contributed by atoms with E-state index in [-0.39, 0.29) is 5.48 Å². The van der Waals surface area contributed by atoms with Crippen molar-refractivity contribution in [2.75, 3.05) is 52.6 Å². The van der Waals surface area contributed by atoms with Crippen LogP contribution in [0, 0.1) is 0 Å². The summed E-state index contributed by atoms with van der Waals surface area (Å²) >= 11 is 0. The Kier molecular flexibility index (Phi) is 24.3. The minimum absolute atomic E-state index is 0. The Labute approximate surface area is 170 Å².